The average molecular weight is 527 g/mol. The van der Waals surface area contributed by atoms with Gasteiger partial charge in [0.05, 0.1) is 12.5 Å². The smallest absolute Gasteiger partial charge is 0.475 e. The Kier molecular flexibility index (Phi) is 9.80. The van der Waals surface area contributed by atoms with Crippen molar-refractivity contribution < 1.29 is 58.9 Å². The zero-order valence-electron chi connectivity index (χ0n) is 17.1. The van der Waals surface area contributed by atoms with Gasteiger partial charge in [0.15, 0.2) is 5.60 Å². The number of carbonyl (C=O) groups is 1. The minimum atomic E-state index is -5.08. The van der Waals surface area contributed by atoms with E-state index in [0.717, 1.165) is 10.5 Å². The van der Waals surface area contributed by atoms with Crippen molar-refractivity contribution in [1.29, 1.82) is 0 Å². The van der Waals surface area contributed by atoms with Crippen molar-refractivity contribution in [2.24, 2.45) is 5.73 Å². The molecule has 9 nitrogen and oxygen atoms in total. The van der Waals surface area contributed by atoms with Gasteiger partial charge in [0.25, 0.3) is 0 Å². The van der Waals surface area contributed by atoms with E-state index >= 15 is 0 Å². The summed E-state index contributed by atoms with van der Waals surface area (Å²) < 4.78 is 114. The van der Waals surface area contributed by atoms with Crippen LogP contribution in [-0.2, 0) is 14.8 Å². The van der Waals surface area contributed by atoms with Crippen molar-refractivity contribution >= 4 is 16.0 Å². The Labute approximate surface area is 188 Å². The van der Waals surface area contributed by atoms with Gasteiger partial charge in [0.2, 0.25) is 15.9 Å². The van der Waals surface area contributed by atoms with Gasteiger partial charge in [0.1, 0.15) is 11.5 Å². The molecule has 2 rings (SSSR count). The van der Waals surface area contributed by atoms with E-state index in [1.165, 1.54) is 12.1 Å². The number of rotatable bonds is 6. The first-order valence-electron chi connectivity index (χ1n) is 9.14. The van der Waals surface area contributed by atoms with Crippen molar-refractivity contribution in [2.75, 3.05) is 26.2 Å². The van der Waals surface area contributed by atoms with Gasteiger partial charge in [-0.05, 0) is 18.9 Å². The second-order valence-corrected chi connectivity index (χ2v) is 8.77. The number of nitrogens with zero attached hydrogens (tertiary/aromatic N) is 2. The molecule has 0 spiro atoms. The van der Waals surface area contributed by atoms with Crippen molar-refractivity contribution in [1.82, 2.24) is 9.29 Å². The largest absolute Gasteiger partial charge is 0.490 e. The number of halogens is 7. The quantitative estimate of drug-likeness (QED) is 0.477. The van der Waals surface area contributed by atoms with Crippen molar-refractivity contribution in [3.63, 3.8) is 0 Å². The molecule has 0 atom stereocenters. The Morgan fingerprint density at radius 2 is 1.74 bits per heavy atom. The minimum absolute atomic E-state index is 0.0341. The van der Waals surface area contributed by atoms with E-state index in [2.05, 4.69) is 4.98 Å². The summed E-state index contributed by atoms with van der Waals surface area (Å²) in [6, 6.07) is 2.43. The third kappa shape index (κ3) is 7.78. The number of aromatic nitrogens is 1. The Hall–Kier alpha value is -2.50. The second-order valence-electron chi connectivity index (χ2n) is 6.83. The van der Waals surface area contributed by atoms with Gasteiger partial charge in [-0.2, -0.15) is 30.6 Å². The van der Waals surface area contributed by atoms with E-state index < -0.39 is 59.9 Å². The summed E-state index contributed by atoms with van der Waals surface area (Å²) in [4.78, 5) is 12.5. The van der Waals surface area contributed by atoms with Gasteiger partial charge in [-0.3, -0.25) is 0 Å². The Morgan fingerprint density at radius 3 is 2.09 bits per heavy atom. The standard InChI is InChI=1S/C15H19F4N3O4S.C2HF3O2/c16-7-11(8-20)10-26-13-2-1-12(9-21-13)27(24,25)22-5-3-14(23,4-6-22)15(17,18)19;3-2(4,5)1(6)7/h1-2,7,9,23H,3-6,8,10,20H2;(H,6,7)/b11-7+;. The third-order valence-electron chi connectivity index (χ3n) is 4.49. The lowest BCUT2D eigenvalue weighted by molar-refractivity contribution is -0.270. The highest BCUT2D eigenvalue weighted by atomic mass is 32.2. The maximum absolute atomic E-state index is 12.8. The van der Waals surface area contributed by atoms with Gasteiger partial charge in [-0.25, -0.2) is 22.6 Å². The predicted molar refractivity (Wildman–Crippen MR) is 101 cm³/mol. The van der Waals surface area contributed by atoms with Crippen LogP contribution in [0.2, 0.25) is 0 Å². The molecule has 0 radical (unpaired) electrons. The predicted octanol–water partition coefficient (Wildman–Crippen LogP) is 1.98. The summed E-state index contributed by atoms with van der Waals surface area (Å²) in [5.41, 5.74) is 2.57. The van der Waals surface area contributed by atoms with Gasteiger partial charge in [-0.1, -0.05) is 0 Å². The molecule has 1 fully saturated rings. The lowest BCUT2D eigenvalue weighted by atomic mass is 9.92. The summed E-state index contributed by atoms with van der Waals surface area (Å²) in [6.45, 7) is -1.16. The van der Waals surface area contributed by atoms with Crippen LogP contribution in [-0.4, -0.2) is 78.1 Å². The number of hydrogen-bond donors (Lipinski definition) is 3. The molecule has 2 heterocycles. The number of carboxylic acids is 1. The second kappa shape index (κ2) is 11.3. The van der Waals surface area contributed by atoms with Crippen molar-refractivity contribution in [3.8, 4) is 5.88 Å². The summed E-state index contributed by atoms with van der Waals surface area (Å²) in [5, 5.41) is 16.8. The van der Waals surface area contributed by atoms with Crippen LogP contribution in [0.4, 0.5) is 30.7 Å². The molecule has 194 valence electrons. The summed E-state index contributed by atoms with van der Waals surface area (Å²) in [5.74, 6) is -2.72. The van der Waals surface area contributed by atoms with Gasteiger partial charge in [-0.15, -0.1) is 0 Å². The van der Waals surface area contributed by atoms with Crippen LogP contribution in [0.5, 0.6) is 5.88 Å². The van der Waals surface area contributed by atoms with Gasteiger partial charge in [0, 0.05) is 31.3 Å². The fraction of sp³-hybridized carbons (Fsp3) is 0.529. The minimum Gasteiger partial charge on any atom is -0.475 e. The van der Waals surface area contributed by atoms with Crippen LogP contribution >= 0.6 is 0 Å². The molecule has 0 bridgehead atoms. The van der Waals surface area contributed by atoms with E-state index in [9.17, 15) is 44.3 Å². The van der Waals surface area contributed by atoms with Crippen LogP contribution in [0.15, 0.2) is 35.1 Å². The number of pyridine rings is 1. The summed E-state index contributed by atoms with van der Waals surface area (Å²) >= 11 is 0. The monoisotopic (exact) mass is 527 g/mol. The number of hydrogen-bond acceptors (Lipinski definition) is 7. The lowest BCUT2D eigenvalue weighted by Gasteiger charge is -2.38. The molecule has 34 heavy (non-hydrogen) atoms. The van der Waals surface area contributed by atoms with E-state index in [4.69, 9.17) is 20.4 Å². The van der Waals surface area contributed by atoms with E-state index in [0.29, 0.717) is 6.33 Å². The number of piperidine rings is 1. The van der Waals surface area contributed by atoms with Crippen LogP contribution < -0.4 is 10.5 Å². The van der Waals surface area contributed by atoms with E-state index in [1.54, 1.807) is 0 Å². The summed E-state index contributed by atoms with van der Waals surface area (Å²) in [6.07, 6.45) is -10.1. The van der Waals surface area contributed by atoms with Crippen molar-refractivity contribution in [3.05, 3.63) is 30.2 Å². The third-order valence-corrected chi connectivity index (χ3v) is 6.37. The highest BCUT2D eigenvalue weighted by Crippen LogP contribution is 2.39. The molecule has 1 aliphatic heterocycles. The van der Waals surface area contributed by atoms with Crippen LogP contribution in [0.3, 0.4) is 0 Å². The molecule has 1 aliphatic rings. The zero-order chi connectivity index (χ0) is 26.4. The topological polar surface area (TPSA) is 143 Å². The van der Waals surface area contributed by atoms with Gasteiger partial charge >= 0.3 is 18.3 Å². The molecule has 1 saturated heterocycles. The zero-order valence-corrected chi connectivity index (χ0v) is 17.9. The molecule has 1 aromatic rings. The Bertz CT molecular complexity index is 957. The Balaban J connectivity index is 0.000000718. The molecular weight excluding hydrogens is 507 g/mol. The molecular formula is C17H20F7N3O6S. The maximum Gasteiger partial charge on any atom is 0.490 e. The molecule has 1 aromatic heterocycles. The highest BCUT2D eigenvalue weighted by molar-refractivity contribution is 7.89. The molecule has 17 heteroatoms. The van der Waals surface area contributed by atoms with Crippen LogP contribution in [0, 0.1) is 0 Å². The molecule has 0 aliphatic carbocycles. The molecule has 0 aromatic carbocycles. The number of carboxylic acid groups (broad SMARTS) is 1. The fourth-order valence-electron chi connectivity index (χ4n) is 2.44. The number of sulfonamides is 1. The van der Waals surface area contributed by atoms with Crippen molar-refractivity contribution in [2.45, 2.75) is 35.7 Å². The molecule has 0 amide bonds. The summed E-state index contributed by atoms with van der Waals surface area (Å²) in [7, 11) is -4.07. The first kappa shape index (κ1) is 29.5. The molecule has 0 unspecified atom stereocenters. The number of aliphatic carboxylic acids is 1. The normalized spacial score (nSPS) is 17.5. The van der Waals surface area contributed by atoms with Crippen LogP contribution in [0.1, 0.15) is 12.8 Å². The first-order valence-corrected chi connectivity index (χ1v) is 10.6. The van der Waals surface area contributed by atoms with Crippen LogP contribution in [0.25, 0.3) is 0 Å². The van der Waals surface area contributed by atoms with Gasteiger partial charge < -0.3 is 20.7 Å². The number of alkyl halides is 6. The lowest BCUT2D eigenvalue weighted by Crippen LogP contribution is -2.54. The fourth-order valence-corrected chi connectivity index (χ4v) is 3.82. The molecule has 4 N–H and O–H groups in total. The number of nitrogens with two attached hydrogens (primary N) is 1. The maximum atomic E-state index is 12.8. The first-order chi connectivity index (χ1) is 15.5. The van der Waals surface area contributed by atoms with E-state index in [-0.39, 0.29) is 29.5 Å². The van der Waals surface area contributed by atoms with E-state index in [1.807, 2.05) is 0 Å². The number of ether oxygens (including phenoxy) is 1. The average Bonchev–Trinajstić information content (AvgIpc) is 2.74. The number of aliphatic hydroxyl groups is 1. The SMILES string of the molecule is NC/C(=C\F)COc1ccc(S(=O)(=O)N2CCC(O)(C(F)(F)F)CC2)cn1.O=C(O)C(F)(F)F. The Morgan fingerprint density at radius 1 is 1.21 bits per heavy atom. The highest BCUT2D eigenvalue weighted by Gasteiger charge is 2.55. The molecule has 0 saturated carbocycles.